The molecule has 0 fully saturated rings. The van der Waals surface area contributed by atoms with Gasteiger partial charge in [0.2, 0.25) is 0 Å². The summed E-state index contributed by atoms with van der Waals surface area (Å²) < 4.78 is 0. The predicted octanol–water partition coefficient (Wildman–Crippen LogP) is 1.49. The first kappa shape index (κ1) is 10.0. The highest BCUT2D eigenvalue weighted by molar-refractivity contribution is 4.24. The molecule has 2 heteroatoms. The summed E-state index contributed by atoms with van der Waals surface area (Å²) in [6.07, 6.45) is 4.08. The molecule has 0 saturated heterocycles. The van der Waals surface area contributed by atoms with Crippen molar-refractivity contribution in [2.24, 2.45) is 5.90 Å². The van der Waals surface area contributed by atoms with E-state index in [1.54, 1.807) is 0 Å². The Bertz CT molecular complexity index is 15.6. The zero-order valence-electron chi connectivity index (χ0n) is 5.11. The molecule has 0 aromatic carbocycles. The van der Waals surface area contributed by atoms with Gasteiger partial charge in [0.05, 0.1) is 0 Å². The fourth-order valence-electron chi connectivity index (χ4n) is 0.354. The first-order valence-electron chi connectivity index (χ1n) is 2.65. The zero-order chi connectivity index (χ0) is 6.12. The molecule has 0 aliphatic rings. The van der Waals surface area contributed by atoms with Gasteiger partial charge in [0.1, 0.15) is 0 Å². The summed E-state index contributed by atoms with van der Waals surface area (Å²) in [7, 11) is 0. The lowest BCUT2D eigenvalue weighted by Crippen LogP contribution is -1.67. The van der Waals surface area contributed by atoms with E-state index in [-0.39, 0.29) is 0 Å². The molecule has 0 aromatic heterocycles. The summed E-state index contributed by atoms with van der Waals surface area (Å²) in [6, 6.07) is 0. The molecule has 0 saturated carbocycles. The Kier molecular flexibility index (Phi) is 24.1. The second-order valence-corrected chi connectivity index (χ2v) is 1.35. The predicted molar refractivity (Wildman–Crippen MR) is 30.1 cm³/mol. The fraction of sp³-hybridized carbons (Fsp3) is 1.00. The van der Waals surface area contributed by atoms with Crippen LogP contribution in [0.2, 0.25) is 0 Å². The highest BCUT2D eigenvalue weighted by atomic mass is 16.4. The van der Waals surface area contributed by atoms with Crippen LogP contribution in [-0.4, -0.2) is 0 Å². The molecule has 0 rings (SSSR count). The number of nitrogens with two attached hydrogens (primary N) is 1. The molecular formula is C5H14NO. The average Bonchev–Trinajstić information content (AvgIpc) is 1.75. The number of hydrogen-bond acceptors (Lipinski definition) is 1. The first-order chi connectivity index (χ1) is 3.41. The Morgan fingerprint density at radius 3 is 1.43 bits per heavy atom. The monoisotopic (exact) mass is 104 g/mol. The smallest absolute Gasteiger partial charge is 0.0538 e. The van der Waals surface area contributed by atoms with Gasteiger partial charge in [-0.1, -0.05) is 33.1 Å². The molecule has 0 atom stereocenters. The Balaban J connectivity index is 0. The molecule has 0 unspecified atom stereocenters. The molecule has 1 radical (unpaired) electrons. The van der Waals surface area contributed by atoms with Gasteiger partial charge in [0, 0.05) is 0 Å². The highest BCUT2D eigenvalue weighted by Gasteiger charge is 1.68. The van der Waals surface area contributed by atoms with E-state index in [9.17, 15) is 0 Å². The Morgan fingerprint density at radius 1 is 1.14 bits per heavy atom. The normalized spacial score (nSPS) is 6.86. The van der Waals surface area contributed by atoms with Crippen LogP contribution in [0, 0.1) is 0 Å². The van der Waals surface area contributed by atoms with Crippen molar-refractivity contribution in [2.45, 2.75) is 33.1 Å². The van der Waals surface area contributed by atoms with Gasteiger partial charge in [-0.15, -0.1) is 5.21 Å². The van der Waals surface area contributed by atoms with Crippen LogP contribution in [-0.2, 0) is 5.21 Å². The van der Waals surface area contributed by atoms with Crippen molar-refractivity contribution in [3.63, 3.8) is 0 Å². The molecular weight excluding hydrogens is 90.1 g/mol. The van der Waals surface area contributed by atoms with Gasteiger partial charge in [-0.2, -0.15) is 5.90 Å². The van der Waals surface area contributed by atoms with Crippen LogP contribution in [0.15, 0.2) is 0 Å². The lowest BCUT2D eigenvalue weighted by molar-refractivity contribution is 0.201. The Morgan fingerprint density at radius 2 is 1.43 bits per heavy atom. The molecule has 0 amide bonds. The van der Waals surface area contributed by atoms with Gasteiger partial charge in [-0.3, -0.25) is 0 Å². The fourth-order valence-corrected chi connectivity index (χ4v) is 0.354. The third-order valence-electron chi connectivity index (χ3n) is 0.707. The summed E-state index contributed by atoms with van der Waals surface area (Å²) in [5.41, 5.74) is 0. The second-order valence-electron chi connectivity index (χ2n) is 1.35. The maximum atomic E-state index is 7.75. The van der Waals surface area contributed by atoms with Crippen LogP contribution in [0.1, 0.15) is 33.1 Å². The number of hydrogen-bond donors (Lipinski definition) is 1. The molecule has 2 nitrogen and oxygen atoms in total. The largest absolute Gasteiger partial charge is 0.181 e. The molecule has 0 heterocycles. The van der Waals surface area contributed by atoms with Crippen molar-refractivity contribution in [3.05, 3.63) is 0 Å². The van der Waals surface area contributed by atoms with Crippen molar-refractivity contribution in [3.8, 4) is 0 Å². The Hall–Kier alpha value is -0.0800. The van der Waals surface area contributed by atoms with Gasteiger partial charge in [0.15, 0.2) is 0 Å². The van der Waals surface area contributed by atoms with E-state index in [4.69, 9.17) is 5.21 Å². The van der Waals surface area contributed by atoms with Crippen molar-refractivity contribution in [2.75, 3.05) is 0 Å². The quantitative estimate of drug-likeness (QED) is 0.530. The van der Waals surface area contributed by atoms with Gasteiger partial charge >= 0.3 is 0 Å². The summed E-state index contributed by atoms with van der Waals surface area (Å²) in [5, 5.41) is 7.75. The van der Waals surface area contributed by atoms with E-state index in [0.29, 0.717) is 0 Å². The van der Waals surface area contributed by atoms with Crippen molar-refractivity contribution < 1.29 is 5.21 Å². The molecule has 0 spiro atoms. The molecule has 7 heavy (non-hydrogen) atoms. The van der Waals surface area contributed by atoms with Gasteiger partial charge in [-0.05, 0) is 0 Å². The van der Waals surface area contributed by atoms with Crippen LogP contribution in [0.5, 0.6) is 0 Å². The summed E-state index contributed by atoms with van der Waals surface area (Å²) in [6.45, 7) is 4.42. The Labute approximate surface area is 45.3 Å². The van der Waals surface area contributed by atoms with E-state index in [1.807, 2.05) is 0 Å². The van der Waals surface area contributed by atoms with Crippen molar-refractivity contribution >= 4 is 0 Å². The SMILES string of the molecule is CCCCC.N[O]. The van der Waals surface area contributed by atoms with Gasteiger partial charge in [-0.25, -0.2) is 0 Å². The molecule has 0 aliphatic carbocycles. The van der Waals surface area contributed by atoms with Crippen molar-refractivity contribution in [1.29, 1.82) is 0 Å². The minimum Gasteiger partial charge on any atom is -0.181 e. The van der Waals surface area contributed by atoms with E-state index < -0.39 is 0 Å². The molecule has 2 N–H and O–H groups in total. The van der Waals surface area contributed by atoms with Crippen LogP contribution < -0.4 is 5.90 Å². The van der Waals surface area contributed by atoms with E-state index in [0.717, 1.165) is 0 Å². The van der Waals surface area contributed by atoms with E-state index in [2.05, 4.69) is 19.7 Å². The van der Waals surface area contributed by atoms with Crippen LogP contribution in [0.25, 0.3) is 0 Å². The molecule has 0 aromatic rings. The lowest BCUT2D eigenvalue weighted by atomic mass is 10.3. The van der Waals surface area contributed by atoms with E-state index in [1.165, 1.54) is 19.3 Å². The first-order valence-corrected chi connectivity index (χ1v) is 2.65. The third kappa shape index (κ3) is 24.7. The average molecular weight is 104 g/mol. The molecule has 0 aliphatic heterocycles. The van der Waals surface area contributed by atoms with Crippen LogP contribution in [0.3, 0.4) is 0 Å². The standard InChI is InChI=1S/C5H12.H2NO/c1-3-5-4-2;1-2/h3-5H2,1-2H3;1H2. The minimum atomic E-state index is 1.34. The second kappa shape index (κ2) is 16.8. The highest BCUT2D eigenvalue weighted by Crippen LogP contribution is 1.88. The van der Waals surface area contributed by atoms with Crippen molar-refractivity contribution in [1.82, 2.24) is 0 Å². The maximum Gasteiger partial charge on any atom is -0.0538 e. The number of rotatable bonds is 2. The van der Waals surface area contributed by atoms with Gasteiger partial charge < -0.3 is 0 Å². The lowest BCUT2D eigenvalue weighted by Gasteiger charge is -1.79. The summed E-state index contributed by atoms with van der Waals surface area (Å²) in [4.78, 5) is 0. The van der Waals surface area contributed by atoms with Crippen LogP contribution >= 0.6 is 0 Å². The third-order valence-corrected chi connectivity index (χ3v) is 0.707. The van der Waals surface area contributed by atoms with Crippen LogP contribution in [0.4, 0.5) is 0 Å². The molecule has 45 valence electrons. The summed E-state index contributed by atoms with van der Waals surface area (Å²) >= 11 is 0. The molecule has 0 bridgehead atoms. The number of unbranched alkanes of at least 4 members (excludes halogenated alkanes) is 2. The van der Waals surface area contributed by atoms with Gasteiger partial charge in [0.25, 0.3) is 0 Å². The topological polar surface area (TPSA) is 45.9 Å². The van der Waals surface area contributed by atoms with E-state index >= 15 is 0 Å². The maximum absolute atomic E-state index is 7.75. The zero-order valence-corrected chi connectivity index (χ0v) is 5.11. The summed E-state index contributed by atoms with van der Waals surface area (Å²) in [5.74, 6) is 3.25. The minimum absolute atomic E-state index is 1.34.